The third kappa shape index (κ3) is 4.42. The van der Waals surface area contributed by atoms with E-state index in [4.69, 9.17) is 0 Å². The number of hydrogen-bond acceptors (Lipinski definition) is 2. The van der Waals surface area contributed by atoms with Gasteiger partial charge in [-0.15, -0.1) is 11.3 Å². The highest BCUT2D eigenvalue weighted by Gasteiger charge is 2.11. The van der Waals surface area contributed by atoms with Crippen LogP contribution in [-0.2, 0) is 6.42 Å². The number of aryl methyl sites for hydroxylation is 1. The highest BCUT2D eigenvalue weighted by molar-refractivity contribution is 7.15. The Hall–Kier alpha value is -1.12. The molecule has 0 aliphatic carbocycles. The van der Waals surface area contributed by atoms with Crippen LogP contribution >= 0.6 is 11.3 Å². The fourth-order valence-corrected chi connectivity index (χ4v) is 3.76. The maximum absolute atomic E-state index is 3.64. The van der Waals surface area contributed by atoms with Gasteiger partial charge in [-0.3, -0.25) is 0 Å². The normalized spacial score (nSPS) is 12.5. The van der Waals surface area contributed by atoms with E-state index >= 15 is 0 Å². The van der Waals surface area contributed by atoms with E-state index in [9.17, 15) is 0 Å². The summed E-state index contributed by atoms with van der Waals surface area (Å²) in [5.41, 5.74) is 2.78. The van der Waals surface area contributed by atoms with E-state index < -0.39 is 0 Å². The van der Waals surface area contributed by atoms with Crippen molar-refractivity contribution in [3.05, 3.63) is 46.8 Å². The molecule has 1 atom stereocenters. The van der Waals surface area contributed by atoms with Crippen molar-refractivity contribution in [2.75, 3.05) is 6.54 Å². The van der Waals surface area contributed by atoms with Crippen molar-refractivity contribution < 1.29 is 0 Å². The van der Waals surface area contributed by atoms with Crippen LogP contribution in [0.4, 0.5) is 0 Å². The average Bonchev–Trinajstić information content (AvgIpc) is 2.99. The molecule has 0 aliphatic rings. The molecule has 0 amide bonds. The molecule has 0 fully saturated rings. The summed E-state index contributed by atoms with van der Waals surface area (Å²) in [4.78, 5) is 2.84. The minimum atomic E-state index is 0.503. The summed E-state index contributed by atoms with van der Waals surface area (Å²) >= 11 is 1.93. The second kappa shape index (κ2) is 8.35. The van der Waals surface area contributed by atoms with Crippen molar-refractivity contribution in [1.29, 1.82) is 0 Å². The Morgan fingerprint density at radius 2 is 1.71 bits per heavy atom. The first-order valence-corrected chi connectivity index (χ1v) is 9.02. The van der Waals surface area contributed by atoms with Gasteiger partial charge in [-0.25, -0.2) is 0 Å². The Balaban J connectivity index is 2.11. The summed E-state index contributed by atoms with van der Waals surface area (Å²) in [5.74, 6) is 0. The van der Waals surface area contributed by atoms with Gasteiger partial charge >= 0.3 is 0 Å². The van der Waals surface area contributed by atoms with Crippen LogP contribution in [0.15, 0.2) is 36.4 Å². The van der Waals surface area contributed by atoms with E-state index in [1.165, 1.54) is 40.1 Å². The molecule has 114 valence electrons. The zero-order valence-electron chi connectivity index (χ0n) is 13.5. The highest BCUT2D eigenvalue weighted by atomic mass is 32.1. The molecule has 1 heterocycles. The predicted octanol–water partition coefficient (Wildman–Crippen LogP) is 5.82. The minimum absolute atomic E-state index is 0.503. The molecule has 1 N–H and O–H groups in total. The van der Waals surface area contributed by atoms with Gasteiger partial charge in [0.25, 0.3) is 0 Å². The zero-order chi connectivity index (χ0) is 15.1. The van der Waals surface area contributed by atoms with E-state index in [0.717, 1.165) is 13.0 Å². The summed E-state index contributed by atoms with van der Waals surface area (Å²) in [6.45, 7) is 7.80. The third-order valence-electron chi connectivity index (χ3n) is 3.80. The molecule has 0 saturated carbocycles. The lowest BCUT2D eigenvalue weighted by Gasteiger charge is -2.14. The molecule has 1 aromatic carbocycles. The maximum atomic E-state index is 3.64. The molecular weight excluding hydrogens is 274 g/mol. The number of benzene rings is 1. The summed E-state index contributed by atoms with van der Waals surface area (Å²) in [6.07, 6.45) is 4.72. The van der Waals surface area contributed by atoms with Crippen molar-refractivity contribution in [2.24, 2.45) is 0 Å². The molecule has 1 nitrogen and oxygen atoms in total. The van der Waals surface area contributed by atoms with Gasteiger partial charge in [-0.2, -0.15) is 0 Å². The van der Waals surface area contributed by atoms with Gasteiger partial charge in [0, 0.05) is 15.8 Å². The third-order valence-corrected chi connectivity index (χ3v) is 5.04. The molecule has 0 radical (unpaired) electrons. The van der Waals surface area contributed by atoms with E-state index in [1.807, 2.05) is 11.3 Å². The van der Waals surface area contributed by atoms with Gasteiger partial charge < -0.3 is 5.32 Å². The van der Waals surface area contributed by atoms with Crippen LogP contribution in [0.2, 0.25) is 0 Å². The summed E-state index contributed by atoms with van der Waals surface area (Å²) < 4.78 is 0. The lowest BCUT2D eigenvalue weighted by molar-refractivity contribution is 0.525. The van der Waals surface area contributed by atoms with Gasteiger partial charge in [0.05, 0.1) is 0 Å². The van der Waals surface area contributed by atoms with Gasteiger partial charge in [0.1, 0.15) is 0 Å². The first-order chi connectivity index (χ1) is 10.3. The van der Waals surface area contributed by atoms with Crippen LogP contribution in [-0.4, -0.2) is 6.54 Å². The largest absolute Gasteiger partial charge is 0.309 e. The quantitative estimate of drug-likeness (QED) is 0.648. The Morgan fingerprint density at radius 3 is 2.33 bits per heavy atom. The fourth-order valence-electron chi connectivity index (χ4n) is 2.58. The summed E-state index contributed by atoms with van der Waals surface area (Å²) in [5, 5.41) is 3.64. The Morgan fingerprint density at radius 1 is 0.952 bits per heavy atom. The van der Waals surface area contributed by atoms with Gasteiger partial charge in [0.15, 0.2) is 0 Å². The maximum Gasteiger partial charge on any atom is 0.0412 e. The zero-order valence-corrected chi connectivity index (χ0v) is 14.3. The monoisotopic (exact) mass is 301 g/mol. The topological polar surface area (TPSA) is 12.0 Å². The van der Waals surface area contributed by atoms with E-state index in [0.29, 0.717) is 6.04 Å². The predicted molar refractivity (Wildman–Crippen MR) is 95.1 cm³/mol. The number of rotatable bonds is 8. The summed E-state index contributed by atoms with van der Waals surface area (Å²) in [6, 6.07) is 14.1. The van der Waals surface area contributed by atoms with Crippen LogP contribution in [0, 0.1) is 0 Å². The lowest BCUT2D eigenvalue weighted by atomic mass is 10.1. The molecule has 0 bridgehead atoms. The van der Waals surface area contributed by atoms with Crippen LogP contribution in [0.3, 0.4) is 0 Å². The second-order valence-electron chi connectivity index (χ2n) is 5.56. The SMILES string of the molecule is CCCNC(CC)c1ccc(-c2ccc(CCC)cc2)s1. The summed E-state index contributed by atoms with van der Waals surface area (Å²) in [7, 11) is 0. The van der Waals surface area contributed by atoms with Gasteiger partial charge in [-0.1, -0.05) is 51.5 Å². The van der Waals surface area contributed by atoms with Gasteiger partial charge in [-0.05, 0) is 49.1 Å². The number of hydrogen-bond donors (Lipinski definition) is 1. The highest BCUT2D eigenvalue weighted by Crippen LogP contribution is 2.32. The molecule has 2 aromatic rings. The van der Waals surface area contributed by atoms with Crippen molar-refractivity contribution in [2.45, 2.75) is 52.5 Å². The molecule has 1 unspecified atom stereocenters. The van der Waals surface area contributed by atoms with Crippen molar-refractivity contribution in [3.63, 3.8) is 0 Å². The Labute approximate surface area is 133 Å². The van der Waals surface area contributed by atoms with E-state index in [-0.39, 0.29) is 0 Å². The van der Waals surface area contributed by atoms with Crippen LogP contribution in [0.1, 0.15) is 56.5 Å². The van der Waals surface area contributed by atoms with Gasteiger partial charge in [0.2, 0.25) is 0 Å². The van der Waals surface area contributed by atoms with Crippen LogP contribution < -0.4 is 5.32 Å². The average molecular weight is 301 g/mol. The number of thiophene rings is 1. The standard InChI is InChI=1S/C19H27NS/c1-4-7-15-8-10-16(11-9-15)18-12-13-19(21-18)17(6-3)20-14-5-2/h8-13,17,20H,4-7,14H2,1-3H3. The fraction of sp³-hybridized carbons (Fsp3) is 0.474. The minimum Gasteiger partial charge on any atom is -0.309 e. The van der Waals surface area contributed by atoms with Crippen LogP contribution in [0.5, 0.6) is 0 Å². The molecule has 2 heteroatoms. The Kier molecular flexibility index (Phi) is 6.47. The first-order valence-electron chi connectivity index (χ1n) is 8.20. The number of nitrogens with one attached hydrogen (secondary N) is 1. The molecule has 1 aromatic heterocycles. The lowest BCUT2D eigenvalue weighted by Crippen LogP contribution is -2.20. The van der Waals surface area contributed by atoms with Crippen molar-refractivity contribution in [1.82, 2.24) is 5.32 Å². The van der Waals surface area contributed by atoms with Crippen LogP contribution in [0.25, 0.3) is 10.4 Å². The smallest absolute Gasteiger partial charge is 0.0412 e. The van der Waals surface area contributed by atoms with E-state index in [1.54, 1.807) is 0 Å². The molecule has 0 spiro atoms. The molecular formula is C19H27NS. The second-order valence-corrected chi connectivity index (χ2v) is 6.68. The van der Waals surface area contributed by atoms with E-state index in [2.05, 4.69) is 62.5 Å². The molecule has 0 saturated heterocycles. The first kappa shape index (κ1) is 16.3. The Bertz CT molecular complexity index is 527. The molecule has 0 aliphatic heterocycles. The molecule has 2 rings (SSSR count). The van der Waals surface area contributed by atoms with Crippen molar-refractivity contribution >= 4 is 11.3 Å². The molecule has 21 heavy (non-hydrogen) atoms. The van der Waals surface area contributed by atoms with Crippen molar-refractivity contribution in [3.8, 4) is 10.4 Å².